The molecule has 0 aliphatic carbocycles. The molecule has 1 heterocycles. The Balaban J connectivity index is 1.88. The Morgan fingerprint density at radius 1 is 1.07 bits per heavy atom. The largest absolute Gasteiger partial charge is 0.366 e. The highest BCUT2D eigenvalue weighted by Gasteiger charge is 2.37. The number of nitrogens with two attached hydrogens (primary N) is 1. The van der Waals surface area contributed by atoms with E-state index in [1.54, 1.807) is 0 Å². The molecule has 27 heavy (non-hydrogen) atoms. The van der Waals surface area contributed by atoms with Crippen LogP contribution in [0.1, 0.15) is 27.1 Å². The van der Waals surface area contributed by atoms with E-state index in [0.717, 1.165) is 0 Å². The number of hydrogen-bond donors (Lipinski definition) is 2. The van der Waals surface area contributed by atoms with Crippen molar-refractivity contribution in [3.63, 3.8) is 0 Å². The number of anilines is 2. The molecule has 3 rings (SSSR count). The molecular weight excluding hydrogens is 394 g/mol. The number of nitrogens with one attached hydrogen (secondary N) is 1. The van der Waals surface area contributed by atoms with E-state index in [9.17, 15) is 22.8 Å². The van der Waals surface area contributed by atoms with E-state index in [1.807, 2.05) is 0 Å². The number of rotatable bonds is 4. The third kappa shape index (κ3) is 3.79. The smallest absolute Gasteiger partial charge is 0.255 e. The number of carbonyl (C=O) groups excluding carboxylic acids is 3. The molecule has 3 amide bonds. The Kier molecular flexibility index (Phi) is 4.90. The molecule has 0 saturated carbocycles. The van der Waals surface area contributed by atoms with Crippen LogP contribution in [-0.2, 0) is 14.8 Å². The molecule has 1 fully saturated rings. The second-order valence-electron chi connectivity index (χ2n) is 5.79. The normalized spacial score (nSPS) is 15.6. The maximum absolute atomic E-state index is 12.5. The van der Waals surface area contributed by atoms with Gasteiger partial charge in [-0.05, 0) is 42.5 Å². The third-order valence-electron chi connectivity index (χ3n) is 3.93. The number of benzene rings is 2. The lowest BCUT2D eigenvalue weighted by Gasteiger charge is -2.17. The molecule has 10 heteroatoms. The minimum atomic E-state index is -3.80. The standard InChI is InChI=1S/C17H14ClN3O5S/c18-13-6-3-11(9-14(13)21-15(22)7-8-27(21,25)26)17(24)20-12-4-1-10(2-5-12)16(19)23/h1-6,9H,7-8H2,(H2,19,23)(H,20,24). The van der Waals surface area contributed by atoms with Crippen LogP contribution in [0, 0.1) is 0 Å². The zero-order valence-electron chi connectivity index (χ0n) is 13.8. The summed E-state index contributed by atoms with van der Waals surface area (Å²) in [6, 6.07) is 9.93. The van der Waals surface area contributed by atoms with Gasteiger partial charge in [0, 0.05) is 23.2 Å². The minimum Gasteiger partial charge on any atom is -0.366 e. The van der Waals surface area contributed by atoms with Crippen LogP contribution in [0.4, 0.5) is 11.4 Å². The molecule has 1 aliphatic rings. The molecule has 140 valence electrons. The number of nitrogens with zero attached hydrogens (tertiary/aromatic N) is 1. The molecule has 1 aliphatic heterocycles. The number of primary amides is 1. The van der Waals surface area contributed by atoms with Crippen LogP contribution in [-0.4, -0.2) is 31.9 Å². The maximum Gasteiger partial charge on any atom is 0.255 e. The quantitative estimate of drug-likeness (QED) is 0.798. The highest BCUT2D eigenvalue weighted by molar-refractivity contribution is 7.94. The number of hydrogen-bond acceptors (Lipinski definition) is 5. The number of amides is 3. The first kappa shape index (κ1) is 18.9. The van der Waals surface area contributed by atoms with Crippen LogP contribution in [0.3, 0.4) is 0 Å². The predicted molar refractivity (Wildman–Crippen MR) is 100 cm³/mol. The lowest BCUT2D eigenvalue weighted by atomic mass is 10.1. The Labute approximate surface area is 160 Å². The zero-order chi connectivity index (χ0) is 19.8. The van der Waals surface area contributed by atoms with E-state index in [4.69, 9.17) is 17.3 Å². The summed E-state index contributed by atoms with van der Waals surface area (Å²) in [5, 5.41) is 2.64. The van der Waals surface area contributed by atoms with Gasteiger partial charge in [-0.25, -0.2) is 12.7 Å². The van der Waals surface area contributed by atoms with Crippen LogP contribution in [0.5, 0.6) is 0 Å². The summed E-state index contributed by atoms with van der Waals surface area (Å²) in [5.41, 5.74) is 5.91. The van der Waals surface area contributed by atoms with E-state index in [2.05, 4.69) is 5.32 Å². The van der Waals surface area contributed by atoms with Crippen molar-refractivity contribution in [2.24, 2.45) is 5.73 Å². The SMILES string of the molecule is NC(=O)c1ccc(NC(=O)c2ccc(Cl)c(N3C(=O)CCS3(=O)=O)c2)cc1. The van der Waals surface area contributed by atoms with Crippen molar-refractivity contribution in [3.05, 3.63) is 58.6 Å². The van der Waals surface area contributed by atoms with Crippen molar-refractivity contribution in [1.82, 2.24) is 0 Å². The lowest BCUT2D eigenvalue weighted by Crippen LogP contribution is -2.29. The van der Waals surface area contributed by atoms with Crippen LogP contribution < -0.4 is 15.4 Å². The van der Waals surface area contributed by atoms with Crippen LogP contribution >= 0.6 is 11.6 Å². The van der Waals surface area contributed by atoms with Gasteiger partial charge < -0.3 is 11.1 Å². The van der Waals surface area contributed by atoms with Crippen molar-refractivity contribution in [2.45, 2.75) is 6.42 Å². The molecule has 0 spiro atoms. The summed E-state index contributed by atoms with van der Waals surface area (Å²) in [6.45, 7) is 0. The number of carbonyl (C=O) groups is 3. The number of sulfonamides is 1. The summed E-state index contributed by atoms with van der Waals surface area (Å²) >= 11 is 6.05. The van der Waals surface area contributed by atoms with Gasteiger partial charge in [0.2, 0.25) is 21.8 Å². The Morgan fingerprint density at radius 2 is 1.70 bits per heavy atom. The fourth-order valence-corrected chi connectivity index (χ4v) is 4.30. The van der Waals surface area contributed by atoms with Crippen molar-refractivity contribution in [1.29, 1.82) is 0 Å². The summed E-state index contributed by atoms with van der Waals surface area (Å²) in [7, 11) is -3.80. The molecule has 0 bridgehead atoms. The highest BCUT2D eigenvalue weighted by Crippen LogP contribution is 2.33. The Morgan fingerprint density at radius 3 is 2.26 bits per heavy atom. The van der Waals surface area contributed by atoms with Gasteiger partial charge in [-0.3, -0.25) is 14.4 Å². The lowest BCUT2D eigenvalue weighted by molar-refractivity contribution is -0.116. The summed E-state index contributed by atoms with van der Waals surface area (Å²) in [4.78, 5) is 35.5. The molecule has 3 N–H and O–H groups in total. The predicted octanol–water partition coefficient (Wildman–Crippen LogP) is 1.76. The van der Waals surface area contributed by atoms with E-state index in [-0.39, 0.29) is 28.4 Å². The van der Waals surface area contributed by atoms with Crippen molar-refractivity contribution in [2.75, 3.05) is 15.4 Å². The number of halogens is 1. The molecule has 2 aromatic rings. The summed E-state index contributed by atoms with van der Waals surface area (Å²) < 4.78 is 24.8. The maximum atomic E-state index is 12.5. The molecule has 0 atom stereocenters. The van der Waals surface area contributed by atoms with Gasteiger partial charge in [0.1, 0.15) is 0 Å². The summed E-state index contributed by atoms with van der Waals surface area (Å²) in [6.07, 6.45) is -0.138. The summed E-state index contributed by atoms with van der Waals surface area (Å²) in [5.74, 6) is -2.03. The van der Waals surface area contributed by atoms with Gasteiger partial charge in [0.05, 0.1) is 16.5 Å². The van der Waals surface area contributed by atoms with Crippen LogP contribution in [0.25, 0.3) is 0 Å². The first-order valence-corrected chi connectivity index (χ1v) is 9.74. The van der Waals surface area contributed by atoms with Gasteiger partial charge in [-0.2, -0.15) is 0 Å². The third-order valence-corrected chi connectivity index (χ3v) is 5.93. The molecule has 0 radical (unpaired) electrons. The van der Waals surface area contributed by atoms with Crippen molar-refractivity contribution >= 4 is 50.7 Å². The van der Waals surface area contributed by atoms with Gasteiger partial charge in [-0.1, -0.05) is 11.6 Å². The van der Waals surface area contributed by atoms with E-state index in [1.165, 1.54) is 42.5 Å². The molecule has 2 aromatic carbocycles. The Hall–Kier alpha value is -2.91. The molecular formula is C17H14ClN3O5S. The first-order valence-electron chi connectivity index (χ1n) is 7.75. The molecule has 1 saturated heterocycles. The van der Waals surface area contributed by atoms with Crippen molar-refractivity contribution < 1.29 is 22.8 Å². The second kappa shape index (κ2) is 7.01. The molecule has 0 aromatic heterocycles. The van der Waals surface area contributed by atoms with Gasteiger partial charge in [0.15, 0.2) is 0 Å². The van der Waals surface area contributed by atoms with Crippen LogP contribution in [0.15, 0.2) is 42.5 Å². The second-order valence-corrected chi connectivity index (χ2v) is 8.13. The van der Waals surface area contributed by atoms with Crippen LogP contribution in [0.2, 0.25) is 5.02 Å². The fourth-order valence-electron chi connectivity index (χ4n) is 2.58. The highest BCUT2D eigenvalue weighted by atomic mass is 35.5. The molecule has 0 unspecified atom stereocenters. The van der Waals surface area contributed by atoms with E-state index in [0.29, 0.717) is 15.6 Å². The van der Waals surface area contributed by atoms with Gasteiger partial charge >= 0.3 is 0 Å². The monoisotopic (exact) mass is 407 g/mol. The first-order chi connectivity index (χ1) is 12.7. The average Bonchev–Trinajstić information content (AvgIpc) is 2.89. The van der Waals surface area contributed by atoms with Gasteiger partial charge in [0.25, 0.3) is 5.91 Å². The van der Waals surface area contributed by atoms with E-state index >= 15 is 0 Å². The fraction of sp³-hybridized carbons (Fsp3) is 0.118. The topological polar surface area (TPSA) is 127 Å². The molecule has 8 nitrogen and oxygen atoms in total. The average molecular weight is 408 g/mol. The van der Waals surface area contributed by atoms with Gasteiger partial charge in [-0.15, -0.1) is 0 Å². The van der Waals surface area contributed by atoms with E-state index < -0.39 is 27.7 Å². The Bertz CT molecular complexity index is 1050. The minimum absolute atomic E-state index is 0.0381. The van der Waals surface area contributed by atoms with Crippen molar-refractivity contribution in [3.8, 4) is 0 Å². The zero-order valence-corrected chi connectivity index (χ0v) is 15.4.